The standard InChI is InChI=1S/C31H42N6O5S/c1-43-16-14-25(35-28(38)23(33)12-7-8-15-32)29(39)36-26(17-20-9-3-2-4-10-20)30(40)37-27(31(41)42)18-21-19-34-24-13-6-5-11-22(21)24/h2-6,9-11,13,19,23,25-27,34H,7-8,12,14-18,32-33H2,1H3,(H,35,38)(H,36,39)(H,37,40)(H,41,42). The maximum atomic E-state index is 13.6. The van der Waals surface area contributed by atoms with E-state index in [-0.39, 0.29) is 12.8 Å². The summed E-state index contributed by atoms with van der Waals surface area (Å²) in [5.74, 6) is -2.25. The molecule has 232 valence electrons. The number of para-hydroxylation sites is 1. The molecule has 9 N–H and O–H groups in total. The van der Waals surface area contributed by atoms with Gasteiger partial charge < -0.3 is 37.5 Å². The van der Waals surface area contributed by atoms with E-state index in [0.717, 1.165) is 28.5 Å². The summed E-state index contributed by atoms with van der Waals surface area (Å²) in [5, 5.41) is 19.0. The molecular formula is C31H42N6O5S. The number of hydrogen-bond donors (Lipinski definition) is 7. The summed E-state index contributed by atoms with van der Waals surface area (Å²) in [6, 6.07) is 12.6. The minimum atomic E-state index is -1.24. The molecule has 0 spiro atoms. The number of fused-ring (bicyclic) bond motifs is 1. The molecule has 0 fully saturated rings. The molecule has 1 heterocycles. The van der Waals surface area contributed by atoms with Crippen LogP contribution < -0.4 is 27.4 Å². The van der Waals surface area contributed by atoms with E-state index in [9.17, 15) is 24.3 Å². The number of benzene rings is 2. The quantitative estimate of drug-likeness (QED) is 0.106. The van der Waals surface area contributed by atoms with Crippen LogP contribution in [0, 0.1) is 0 Å². The highest BCUT2D eigenvalue weighted by Gasteiger charge is 2.31. The van der Waals surface area contributed by atoms with Gasteiger partial charge in [-0.1, -0.05) is 55.0 Å². The van der Waals surface area contributed by atoms with Crippen LogP contribution in [0.5, 0.6) is 0 Å². The fourth-order valence-electron chi connectivity index (χ4n) is 4.75. The Kier molecular flexibility index (Phi) is 13.5. The number of amides is 3. The lowest BCUT2D eigenvalue weighted by Gasteiger charge is -2.25. The van der Waals surface area contributed by atoms with Crippen LogP contribution in [0.3, 0.4) is 0 Å². The van der Waals surface area contributed by atoms with Gasteiger partial charge in [0.15, 0.2) is 0 Å². The Morgan fingerprint density at radius 1 is 0.837 bits per heavy atom. The van der Waals surface area contributed by atoms with Crippen molar-refractivity contribution in [2.45, 2.75) is 62.7 Å². The van der Waals surface area contributed by atoms with Crippen molar-refractivity contribution in [2.24, 2.45) is 11.5 Å². The van der Waals surface area contributed by atoms with Gasteiger partial charge in [-0.15, -0.1) is 0 Å². The van der Waals surface area contributed by atoms with Crippen LogP contribution in [-0.4, -0.2) is 76.5 Å². The number of aromatic nitrogens is 1. The minimum absolute atomic E-state index is 0.0472. The van der Waals surface area contributed by atoms with Gasteiger partial charge in [0.25, 0.3) is 0 Å². The summed E-state index contributed by atoms with van der Waals surface area (Å²) >= 11 is 1.52. The highest BCUT2D eigenvalue weighted by molar-refractivity contribution is 7.98. The molecule has 0 bridgehead atoms. The molecule has 43 heavy (non-hydrogen) atoms. The van der Waals surface area contributed by atoms with Gasteiger partial charge in [-0.3, -0.25) is 14.4 Å². The molecule has 12 heteroatoms. The summed E-state index contributed by atoms with van der Waals surface area (Å²) < 4.78 is 0. The first-order chi connectivity index (χ1) is 20.7. The number of rotatable bonds is 18. The third-order valence-electron chi connectivity index (χ3n) is 7.18. The molecule has 0 aliphatic rings. The second-order valence-electron chi connectivity index (χ2n) is 10.4. The van der Waals surface area contributed by atoms with Crippen molar-refractivity contribution in [3.05, 3.63) is 71.9 Å². The van der Waals surface area contributed by atoms with Crippen molar-refractivity contribution in [1.82, 2.24) is 20.9 Å². The van der Waals surface area contributed by atoms with Crippen LogP contribution in [0.2, 0.25) is 0 Å². The smallest absolute Gasteiger partial charge is 0.326 e. The predicted octanol–water partition coefficient (Wildman–Crippen LogP) is 1.70. The lowest BCUT2D eigenvalue weighted by molar-refractivity contribution is -0.142. The Morgan fingerprint density at radius 2 is 1.49 bits per heavy atom. The van der Waals surface area contributed by atoms with Crippen molar-refractivity contribution < 1.29 is 24.3 Å². The molecule has 4 atom stereocenters. The van der Waals surface area contributed by atoms with E-state index in [1.54, 1.807) is 6.20 Å². The van der Waals surface area contributed by atoms with E-state index < -0.39 is 47.9 Å². The third kappa shape index (κ3) is 10.4. The first-order valence-corrected chi connectivity index (χ1v) is 15.8. The van der Waals surface area contributed by atoms with E-state index in [2.05, 4.69) is 20.9 Å². The van der Waals surface area contributed by atoms with E-state index in [4.69, 9.17) is 11.5 Å². The summed E-state index contributed by atoms with van der Waals surface area (Å²) in [5.41, 5.74) is 14.0. The van der Waals surface area contributed by atoms with Crippen LogP contribution in [0.15, 0.2) is 60.8 Å². The molecule has 0 aliphatic carbocycles. The van der Waals surface area contributed by atoms with Gasteiger partial charge in [-0.05, 0) is 55.0 Å². The second-order valence-corrected chi connectivity index (χ2v) is 11.4. The normalized spacial score (nSPS) is 13.9. The molecule has 4 unspecified atom stereocenters. The Labute approximate surface area is 255 Å². The van der Waals surface area contributed by atoms with Gasteiger partial charge in [-0.2, -0.15) is 11.8 Å². The first-order valence-electron chi connectivity index (χ1n) is 14.4. The third-order valence-corrected chi connectivity index (χ3v) is 7.82. The highest BCUT2D eigenvalue weighted by atomic mass is 32.2. The SMILES string of the molecule is CSCCC(NC(=O)C(N)CCCCN)C(=O)NC(Cc1ccccc1)C(=O)NC(Cc1c[nH]c2ccccc12)C(=O)O. The average molecular weight is 611 g/mol. The second kappa shape index (κ2) is 17.3. The van der Waals surface area contributed by atoms with Gasteiger partial charge >= 0.3 is 5.97 Å². The molecule has 3 amide bonds. The van der Waals surface area contributed by atoms with Gasteiger partial charge in [0, 0.05) is 29.9 Å². The average Bonchev–Trinajstić information content (AvgIpc) is 3.41. The molecule has 1 aromatic heterocycles. The number of carboxylic acids is 1. The number of unbranched alkanes of at least 4 members (excludes halogenated alkanes) is 1. The van der Waals surface area contributed by atoms with Crippen LogP contribution >= 0.6 is 11.8 Å². The summed E-state index contributed by atoms with van der Waals surface area (Å²) in [6.07, 6.45) is 5.99. The number of carbonyl (C=O) groups is 4. The molecule has 3 rings (SSSR count). The largest absolute Gasteiger partial charge is 0.480 e. The highest BCUT2D eigenvalue weighted by Crippen LogP contribution is 2.19. The number of thioether (sulfide) groups is 1. The number of carbonyl (C=O) groups excluding carboxylic acids is 3. The zero-order valence-electron chi connectivity index (χ0n) is 24.4. The van der Waals surface area contributed by atoms with Crippen LogP contribution in [0.25, 0.3) is 10.9 Å². The van der Waals surface area contributed by atoms with Crippen molar-refractivity contribution in [3.63, 3.8) is 0 Å². The lowest BCUT2D eigenvalue weighted by atomic mass is 10.0. The number of nitrogens with two attached hydrogens (primary N) is 2. The number of nitrogens with one attached hydrogen (secondary N) is 4. The fraction of sp³-hybridized carbons (Fsp3) is 0.419. The van der Waals surface area contributed by atoms with Crippen LogP contribution in [0.1, 0.15) is 36.8 Å². The Bertz CT molecular complexity index is 1350. The minimum Gasteiger partial charge on any atom is -0.480 e. The van der Waals surface area contributed by atoms with Crippen molar-refractivity contribution in [2.75, 3.05) is 18.6 Å². The maximum absolute atomic E-state index is 13.6. The number of aliphatic carboxylic acids is 1. The fourth-order valence-corrected chi connectivity index (χ4v) is 5.22. The van der Waals surface area contributed by atoms with Gasteiger partial charge in [-0.25, -0.2) is 4.79 Å². The number of aromatic amines is 1. The van der Waals surface area contributed by atoms with Crippen molar-refractivity contribution >= 4 is 46.4 Å². The first kappa shape index (κ1) is 33.6. The molecule has 11 nitrogen and oxygen atoms in total. The topological polar surface area (TPSA) is 192 Å². The molecule has 0 saturated carbocycles. The van der Waals surface area contributed by atoms with Gasteiger partial charge in [0.05, 0.1) is 6.04 Å². The van der Waals surface area contributed by atoms with E-state index in [1.807, 2.05) is 60.9 Å². The van der Waals surface area contributed by atoms with Crippen LogP contribution in [0.4, 0.5) is 0 Å². The van der Waals surface area contributed by atoms with E-state index in [0.29, 0.717) is 31.6 Å². The molecule has 0 aliphatic heterocycles. The zero-order chi connectivity index (χ0) is 31.2. The molecule has 3 aromatic rings. The van der Waals surface area contributed by atoms with Crippen LogP contribution in [-0.2, 0) is 32.0 Å². The predicted molar refractivity (Wildman–Crippen MR) is 169 cm³/mol. The lowest BCUT2D eigenvalue weighted by Crippen LogP contribution is -2.58. The molecule has 0 radical (unpaired) electrons. The van der Waals surface area contributed by atoms with Crippen molar-refractivity contribution in [1.29, 1.82) is 0 Å². The molecular weight excluding hydrogens is 568 g/mol. The van der Waals surface area contributed by atoms with Gasteiger partial charge in [0.2, 0.25) is 17.7 Å². The van der Waals surface area contributed by atoms with Crippen molar-refractivity contribution in [3.8, 4) is 0 Å². The zero-order valence-corrected chi connectivity index (χ0v) is 25.2. The van der Waals surface area contributed by atoms with Gasteiger partial charge in [0.1, 0.15) is 18.1 Å². The Hall–Kier alpha value is -3.87. The summed E-state index contributed by atoms with van der Waals surface area (Å²) in [6.45, 7) is 0.502. The summed E-state index contributed by atoms with van der Waals surface area (Å²) in [7, 11) is 0. The molecule has 2 aromatic carbocycles. The Balaban J connectivity index is 1.77. The monoisotopic (exact) mass is 610 g/mol. The maximum Gasteiger partial charge on any atom is 0.326 e. The number of carboxylic acid groups (broad SMARTS) is 1. The summed E-state index contributed by atoms with van der Waals surface area (Å²) in [4.78, 5) is 55.2. The Morgan fingerprint density at radius 3 is 2.19 bits per heavy atom. The van der Waals surface area contributed by atoms with E-state index >= 15 is 0 Å². The van der Waals surface area contributed by atoms with E-state index in [1.165, 1.54) is 11.8 Å². The number of H-pyrrole nitrogens is 1. The molecule has 0 saturated heterocycles. The number of hydrogen-bond acceptors (Lipinski definition) is 7.